The van der Waals surface area contributed by atoms with Gasteiger partial charge in [-0.3, -0.25) is 0 Å². The zero-order valence-electron chi connectivity index (χ0n) is 14.0. The maximum Gasteiger partial charge on any atom is 0.104 e. The first-order chi connectivity index (χ1) is 11.3. The Balaban J connectivity index is 0.00000208. The van der Waals surface area contributed by atoms with Crippen molar-refractivity contribution in [2.24, 2.45) is 0 Å². The summed E-state index contributed by atoms with van der Waals surface area (Å²) >= 11 is 4.05. The van der Waals surface area contributed by atoms with E-state index in [9.17, 15) is 0 Å². The number of aromatic nitrogens is 2. The van der Waals surface area contributed by atoms with Crippen LogP contribution in [0.1, 0.15) is 19.4 Å². The lowest BCUT2D eigenvalue weighted by Gasteiger charge is -2.33. The normalized spacial score (nSPS) is 11.4. The Kier molecular flexibility index (Phi) is 7.08. The lowest BCUT2D eigenvalue weighted by atomic mass is 10.0. The van der Waals surface area contributed by atoms with E-state index in [1.807, 2.05) is 36.0 Å². The summed E-state index contributed by atoms with van der Waals surface area (Å²) in [6, 6.07) is 15.5. The van der Waals surface area contributed by atoms with Gasteiger partial charge in [0.15, 0.2) is 0 Å². The van der Waals surface area contributed by atoms with Crippen molar-refractivity contribution in [1.29, 1.82) is 0 Å². The minimum atomic E-state index is 0. The van der Waals surface area contributed by atoms with Crippen LogP contribution in [0.25, 0.3) is 10.8 Å². The SMILES string of the molecule is CCSC(Cn1ccnc1)(SCC)c1ccc2ccccc2c1.Cl. The zero-order chi connectivity index (χ0) is 16.1. The molecular formula is C19H23ClN2S2. The highest BCUT2D eigenvalue weighted by atomic mass is 35.5. The largest absolute Gasteiger partial charge is 0.335 e. The van der Waals surface area contributed by atoms with Gasteiger partial charge in [0.25, 0.3) is 0 Å². The molecule has 128 valence electrons. The summed E-state index contributed by atoms with van der Waals surface area (Å²) in [6.45, 7) is 5.41. The molecule has 0 radical (unpaired) electrons. The molecule has 0 bridgehead atoms. The fourth-order valence-electron chi connectivity index (χ4n) is 2.90. The van der Waals surface area contributed by atoms with Gasteiger partial charge in [-0.05, 0) is 33.9 Å². The molecule has 5 heteroatoms. The van der Waals surface area contributed by atoms with Gasteiger partial charge in [0.2, 0.25) is 0 Å². The Bertz CT molecular complexity index is 753. The Morgan fingerprint density at radius 3 is 2.33 bits per heavy atom. The quantitative estimate of drug-likeness (QED) is 0.482. The van der Waals surface area contributed by atoms with E-state index in [0.717, 1.165) is 18.1 Å². The number of hydrogen-bond donors (Lipinski definition) is 0. The third-order valence-corrected chi connectivity index (χ3v) is 6.84. The smallest absolute Gasteiger partial charge is 0.104 e. The Hall–Kier alpha value is -1.10. The van der Waals surface area contributed by atoms with E-state index in [-0.39, 0.29) is 16.5 Å². The van der Waals surface area contributed by atoms with Crippen LogP contribution in [0.5, 0.6) is 0 Å². The second kappa shape index (κ2) is 8.84. The fourth-order valence-corrected chi connectivity index (χ4v) is 5.95. The molecule has 2 nitrogen and oxygen atoms in total. The molecule has 3 rings (SSSR count). The van der Waals surface area contributed by atoms with Crippen LogP contribution in [0.2, 0.25) is 0 Å². The van der Waals surface area contributed by atoms with Crippen LogP contribution in [-0.2, 0) is 10.6 Å². The molecule has 0 saturated heterocycles. The molecule has 2 aromatic carbocycles. The molecule has 0 aliphatic heterocycles. The number of thioether (sulfide) groups is 2. The summed E-state index contributed by atoms with van der Waals surface area (Å²) in [5.41, 5.74) is 1.39. The van der Waals surface area contributed by atoms with Crippen molar-refractivity contribution >= 4 is 46.7 Å². The summed E-state index contributed by atoms with van der Waals surface area (Å²) < 4.78 is 2.22. The number of nitrogens with zero attached hydrogens (tertiary/aromatic N) is 2. The predicted octanol–water partition coefficient (Wildman–Crippen LogP) is 5.82. The molecule has 3 aromatic rings. The van der Waals surface area contributed by atoms with Crippen molar-refractivity contribution in [3.05, 3.63) is 66.7 Å². The number of benzene rings is 2. The van der Waals surface area contributed by atoms with Gasteiger partial charge in [-0.15, -0.1) is 35.9 Å². The van der Waals surface area contributed by atoms with Crippen LogP contribution in [0.15, 0.2) is 61.2 Å². The minimum absolute atomic E-state index is 0. The van der Waals surface area contributed by atoms with Crippen molar-refractivity contribution in [2.75, 3.05) is 11.5 Å². The first kappa shape index (κ1) is 19.2. The van der Waals surface area contributed by atoms with Crippen molar-refractivity contribution in [3.63, 3.8) is 0 Å². The summed E-state index contributed by atoms with van der Waals surface area (Å²) in [5, 5.41) is 2.61. The second-order valence-electron chi connectivity index (χ2n) is 5.42. The molecule has 1 heterocycles. The molecular weight excluding hydrogens is 356 g/mol. The highest BCUT2D eigenvalue weighted by Crippen LogP contribution is 2.48. The molecule has 0 aliphatic carbocycles. The van der Waals surface area contributed by atoms with Gasteiger partial charge >= 0.3 is 0 Å². The highest BCUT2D eigenvalue weighted by Gasteiger charge is 2.33. The summed E-state index contributed by atoms with van der Waals surface area (Å²) in [4.78, 5) is 4.21. The average Bonchev–Trinajstić information content (AvgIpc) is 3.07. The average molecular weight is 379 g/mol. The lowest BCUT2D eigenvalue weighted by molar-refractivity contribution is 0.649. The topological polar surface area (TPSA) is 17.8 Å². The van der Waals surface area contributed by atoms with Crippen molar-refractivity contribution in [3.8, 4) is 0 Å². The van der Waals surface area contributed by atoms with E-state index in [0.29, 0.717) is 0 Å². The van der Waals surface area contributed by atoms with Crippen molar-refractivity contribution in [2.45, 2.75) is 24.5 Å². The summed E-state index contributed by atoms with van der Waals surface area (Å²) in [5.74, 6) is 2.18. The van der Waals surface area contributed by atoms with Crippen LogP contribution in [0.3, 0.4) is 0 Å². The van der Waals surface area contributed by atoms with Crippen LogP contribution in [-0.4, -0.2) is 21.1 Å². The van der Waals surface area contributed by atoms with Crippen LogP contribution in [0, 0.1) is 0 Å². The highest BCUT2D eigenvalue weighted by molar-refractivity contribution is 8.17. The number of rotatable bonds is 7. The Morgan fingerprint density at radius 1 is 1.00 bits per heavy atom. The lowest BCUT2D eigenvalue weighted by Crippen LogP contribution is -2.25. The minimum Gasteiger partial charge on any atom is -0.335 e. The van der Waals surface area contributed by atoms with Crippen molar-refractivity contribution < 1.29 is 0 Å². The first-order valence-corrected chi connectivity index (χ1v) is 9.97. The van der Waals surface area contributed by atoms with E-state index in [4.69, 9.17) is 0 Å². The van der Waals surface area contributed by atoms with Gasteiger partial charge in [0, 0.05) is 12.4 Å². The van der Waals surface area contributed by atoms with E-state index >= 15 is 0 Å². The molecule has 0 spiro atoms. The first-order valence-electron chi connectivity index (χ1n) is 8.00. The Labute approximate surface area is 158 Å². The van der Waals surface area contributed by atoms with E-state index in [2.05, 4.69) is 72.1 Å². The molecule has 0 amide bonds. The second-order valence-corrected chi connectivity index (χ2v) is 8.80. The summed E-state index contributed by atoms with van der Waals surface area (Å²) in [7, 11) is 0. The van der Waals surface area contributed by atoms with Crippen LogP contribution in [0.4, 0.5) is 0 Å². The standard InChI is InChI=1S/C19H22N2S2.ClH/c1-3-22-19(23-4-2,14-21-12-11-20-15-21)18-10-9-16-7-5-6-8-17(16)13-18;/h5-13,15H,3-4,14H2,1-2H3;1H. The number of hydrogen-bond acceptors (Lipinski definition) is 3. The van der Waals surface area contributed by atoms with E-state index in [1.165, 1.54) is 16.3 Å². The third-order valence-electron chi connectivity index (χ3n) is 3.89. The Morgan fingerprint density at radius 2 is 1.71 bits per heavy atom. The molecule has 0 saturated carbocycles. The predicted molar refractivity (Wildman–Crippen MR) is 111 cm³/mol. The van der Waals surface area contributed by atoms with Gasteiger partial charge in [0.1, 0.15) is 4.08 Å². The van der Waals surface area contributed by atoms with Gasteiger partial charge < -0.3 is 4.57 Å². The number of imidazole rings is 1. The monoisotopic (exact) mass is 378 g/mol. The molecule has 0 fully saturated rings. The molecule has 24 heavy (non-hydrogen) atoms. The fraction of sp³-hybridized carbons (Fsp3) is 0.316. The summed E-state index contributed by atoms with van der Waals surface area (Å²) in [6.07, 6.45) is 5.84. The van der Waals surface area contributed by atoms with Crippen LogP contribution >= 0.6 is 35.9 Å². The zero-order valence-corrected chi connectivity index (χ0v) is 16.5. The van der Waals surface area contributed by atoms with E-state index in [1.54, 1.807) is 0 Å². The molecule has 0 atom stereocenters. The van der Waals surface area contributed by atoms with Gasteiger partial charge in [-0.25, -0.2) is 4.98 Å². The number of fused-ring (bicyclic) bond motifs is 1. The van der Waals surface area contributed by atoms with Gasteiger partial charge in [-0.1, -0.05) is 50.2 Å². The van der Waals surface area contributed by atoms with Gasteiger partial charge in [0.05, 0.1) is 12.9 Å². The molecule has 0 aliphatic rings. The molecule has 1 aromatic heterocycles. The van der Waals surface area contributed by atoms with E-state index < -0.39 is 0 Å². The van der Waals surface area contributed by atoms with Gasteiger partial charge in [-0.2, -0.15) is 0 Å². The van der Waals surface area contributed by atoms with Crippen LogP contribution < -0.4 is 0 Å². The van der Waals surface area contributed by atoms with Crippen molar-refractivity contribution in [1.82, 2.24) is 9.55 Å². The third kappa shape index (κ3) is 4.11. The number of halogens is 1. The molecule has 0 N–H and O–H groups in total. The maximum absolute atomic E-state index is 4.21. The molecule has 0 unspecified atom stereocenters. The maximum atomic E-state index is 4.21.